The van der Waals surface area contributed by atoms with Crippen LogP contribution in [0.4, 0.5) is 0 Å². The molecule has 108 valence electrons. The molecular formula is C12H19ClN2O2S2. The smallest absolute Gasteiger partial charge is 0.151 e. The van der Waals surface area contributed by atoms with Gasteiger partial charge in [0.25, 0.3) is 0 Å². The van der Waals surface area contributed by atoms with Gasteiger partial charge in [0.15, 0.2) is 9.84 Å². The maximum atomic E-state index is 11.7. The van der Waals surface area contributed by atoms with E-state index in [0.29, 0.717) is 13.0 Å². The third kappa shape index (κ3) is 3.92. The monoisotopic (exact) mass is 322 g/mol. The molecule has 0 aromatic carbocycles. The van der Waals surface area contributed by atoms with Crippen molar-refractivity contribution in [1.82, 2.24) is 4.90 Å². The predicted octanol–water partition coefficient (Wildman–Crippen LogP) is 1.91. The van der Waals surface area contributed by atoms with Crippen LogP contribution in [0.3, 0.4) is 0 Å². The fourth-order valence-corrected chi connectivity index (χ4v) is 5.09. The largest absolute Gasteiger partial charge is 0.326 e. The Balaban J connectivity index is 2.20. The Hall–Kier alpha value is -0.140. The fourth-order valence-electron chi connectivity index (χ4n) is 2.49. The molecule has 1 aromatic rings. The lowest BCUT2D eigenvalue weighted by molar-refractivity contribution is 0.193. The number of nitrogens with two attached hydrogens (primary N) is 1. The van der Waals surface area contributed by atoms with Crippen LogP contribution in [0.25, 0.3) is 0 Å². The van der Waals surface area contributed by atoms with Gasteiger partial charge in [-0.25, -0.2) is 8.42 Å². The summed E-state index contributed by atoms with van der Waals surface area (Å²) in [5.74, 6) is 0.496. The van der Waals surface area contributed by atoms with Crippen molar-refractivity contribution < 1.29 is 8.42 Å². The van der Waals surface area contributed by atoms with Crippen LogP contribution in [0.1, 0.15) is 24.3 Å². The number of sulfone groups is 1. The minimum atomic E-state index is -2.89. The summed E-state index contributed by atoms with van der Waals surface area (Å²) in [7, 11) is -2.89. The van der Waals surface area contributed by atoms with Crippen LogP contribution in [0.5, 0.6) is 0 Å². The highest BCUT2D eigenvalue weighted by Crippen LogP contribution is 2.32. The molecule has 4 nitrogen and oxygen atoms in total. The molecule has 1 aromatic heterocycles. The summed E-state index contributed by atoms with van der Waals surface area (Å²) < 4.78 is 24.1. The van der Waals surface area contributed by atoms with Gasteiger partial charge in [-0.3, -0.25) is 4.90 Å². The highest BCUT2D eigenvalue weighted by atomic mass is 35.5. The Labute approximate surface area is 123 Å². The molecular weight excluding hydrogens is 304 g/mol. The third-order valence-electron chi connectivity index (χ3n) is 3.37. The number of nitrogens with zero attached hydrogens (tertiary/aromatic N) is 1. The Morgan fingerprint density at radius 2 is 2.11 bits per heavy atom. The van der Waals surface area contributed by atoms with E-state index in [4.69, 9.17) is 17.3 Å². The minimum Gasteiger partial charge on any atom is -0.326 e. The van der Waals surface area contributed by atoms with E-state index < -0.39 is 9.84 Å². The van der Waals surface area contributed by atoms with Crippen molar-refractivity contribution in [2.45, 2.75) is 25.4 Å². The van der Waals surface area contributed by atoms with Gasteiger partial charge in [0, 0.05) is 17.5 Å². The topological polar surface area (TPSA) is 63.4 Å². The summed E-state index contributed by atoms with van der Waals surface area (Å²) in [4.78, 5) is 3.29. The molecule has 1 saturated heterocycles. The molecule has 2 unspecified atom stereocenters. The number of hydrogen-bond donors (Lipinski definition) is 1. The maximum absolute atomic E-state index is 11.7. The summed E-state index contributed by atoms with van der Waals surface area (Å²) in [5.41, 5.74) is 6.10. The summed E-state index contributed by atoms with van der Waals surface area (Å²) >= 11 is 7.51. The van der Waals surface area contributed by atoms with Gasteiger partial charge in [0.2, 0.25) is 0 Å². The van der Waals surface area contributed by atoms with Crippen LogP contribution >= 0.6 is 22.9 Å². The van der Waals surface area contributed by atoms with E-state index in [1.165, 1.54) is 11.3 Å². The fraction of sp³-hybridized carbons (Fsp3) is 0.667. The Kier molecular flexibility index (Phi) is 4.89. The summed E-state index contributed by atoms with van der Waals surface area (Å²) in [6.45, 7) is 3.27. The van der Waals surface area contributed by atoms with Gasteiger partial charge in [-0.15, -0.1) is 11.3 Å². The van der Waals surface area contributed by atoms with E-state index in [2.05, 4.69) is 4.90 Å². The van der Waals surface area contributed by atoms with Crippen molar-refractivity contribution in [1.29, 1.82) is 0 Å². The first-order valence-electron chi connectivity index (χ1n) is 6.34. The van der Waals surface area contributed by atoms with Gasteiger partial charge in [-0.1, -0.05) is 11.6 Å². The number of hydrogen-bond acceptors (Lipinski definition) is 5. The van der Waals surface area contributed by atoms with Crippen molar-refractivity contribution in [3.05, 3.63) is 21.3 Å². The number of halogens is 1. The van der Waals surface area contributed by atoms with Crippen molar-refractivity contribution in [2.24, 2.45) is 5.73 Å². The van der Waals surface area contributed by atoms with Gasteiger partial charge in [-0.2, -0.15) is 0 Å². The number of thiophene rings is 1. The standard InChI is InChI=1S/C12H19ClN2O2S2/c1-9(14)12(10-3-4-11(13)18-10)15-5-2-7-19(16,17)8-6-15/h3-4,9,12H,2,5-8,14H2,1H3. The van der Waals surface area contributed by atoms with Crippen molar-refractivity contribution >= 4 is 32.8 Å². The molecule has 0 saturated carbocycles. The van der Waals surface area contributed by atoms with Gasteiger partial charge in [0.05, 0.1) is 21.9 Å². The van der Waals surface area contributed by atoms with Crippen LogP contribution in [0.15, 0.2) is 12.1 Å². The van der Waals surface area contributed by atoms with Crippen LogP contribution in [0.2, 0.25) is 4.34 Å². The Bertz CT molecular complexity index is 528. The SMILES string of the molecule is CC(N)C(c1ccc(Cl)s1)N1CCCS(=O)(=O)CC1. The summed E-state index contributed by atoms with van der Waals surface area (Å²) in [6, 6.07) is 3.84. The van der Waals surface area contributed by atoms with Gasteiger partial charge in [-0.05, 0) is 32.0 Å². The highest BCUT2D eigenvalue weighted by Gasteiger charge is 2.29. The van der Waals surface area contributed by atoms with E-state index in [0.717, 1.165) is 15.8 Å². The van der Waals surface area contributed by atoms with Crippen LogP contribution in [0, 0.1) is 0 Å². The molecule has 2 heterocycles. The van der Waals surface area contributed by atoms with E-state index in [1.807, 2.05) is 19.1 Å². The van der Waals surface area contributed by atoms with Crippen molar-refractivity contribution in [3.8, 4) is 0 Å². The molecule has 2 rings (SSSR count). The average Bonchev–Trinajstić information content (AvgIpc) is 2.63. The second-order valence-corrected chi connectivity index (χ2v) is 9.04. The van der Waals surface area contributed by atoms with E-state index in [9.17, 15) is 8.42 Å². The van der Waals surface area contributed by atoms with Crippen LogP contribution in [-0.4, -0.2) is 44.0 Å². The lowest BCUT2D eigenvalue weighted by Gasteiger charge is -2.32. The van der Waals surface area contributed by atoms with E-state index in [-0.39, 0.29) is 23.6 Å². The second-order valence-electron chi connectivity index (χ2n) is 4.99. The van der Waals surface area contributed by atoms with Gasteiger partial charge >= 0.3 is 0 Å². The molecule has 1 aliphatic heterocycles. The summed E-state index contributed by atoms with van der Waals surface area (Å²) in [6.07, 6.45) is 0.671. The lowest BCUT2D eigenvalue weighted by Crippen LogP contribution is -2.40. The van der Waals surface area contributed by atoms with Crippen LogP contribution < -0.4 is 5.73 Å². The summed E-state index contributed by atoms with van der Waals surface area (Å²) in [5, 5.41) is 0. The molecule has 0 aliphatic carbocycles. The molecule has 1 aliphatic rings. The first-order valence-corrected chi connectivity index (χ1v) is 9.36. The maximum Gasteiger partial charge on any atom is 0.151 e. The van der Waals surface area contributed by atoms with E-state index in [1.54, 1.807) is 0 Å². The highest BCUT2D eigenvalue weighted by molar-refractivity contribution is 7.91. The van der Waals surface area contributed by atoms with Gasteiger partial charge < -0.3 is 5.73 Å². The predicted molar refractivity (Wildman–Crippen MR) is 80.6 cm³/mol. The first kappa shape index (κ1) is 15.3. The van der Waals surface area contributed by atoms with Crippen molar-refractivity contribution in [3.63, 3.8) is 0 Å². The first-order chi connectivity index (χ1) is 8.89. The molecule has 2 N–H and O–H groups in total. The molecule has 0 bridgehead atoms. The molecule has 0 amide bonds. The zero-order chi connectivity index (χ0) is 14.0. The molecule has 0 spiro atoms. The quantitative estimate of drug-likeness (QED) is 0.923. The average molecular weight is 323 g/mol. The molecule has 19 heavy (non-hydrogen) atoms. The molecule has 0 radical (unpaired) electrons. The van der Waals surface area contributed by atoms with Gasteiger partial charge in [0.1, 0.15) is 0 Å². The zero-order valence-electron chi connectivity index (χ0n) is 10.9. The van der Waals surface area contributed by atoms with E-state index >= 15 is 0 Å². The Morgan fingerprint density at radius 1 is 1.37 bits per heavy atom. The second kappa shape index (κ2) is 6.10. The van der Waals surface area contributed by atoms with Crippen LogP contribution in [-0.2, 0) is 9.84 Å². The Morgan fingerprint density at radius 3 is 2.68 bits per heavy atom. The lowest BCUT2D eigenvalue weighted by atomic mass is 10.1. The minimum absolute atomic E-state index is 0.0470. The molecule has 1 fully saturated rings. The molecule has 7 heteroatoms. The van der Waals surface area contributed by atoms with Crippen molar-refractivity contribution in [2.75, 3.05) is 24.6 Å². The molecule has 2 atom stereocenters. The zero-order valence-corrected chi connectivity index (χ0v) is 13.3. The third-order valence-corrected chi connectivity index (χ3v) is 6.38. The normalized spacial score (nSPS) is 23.7. The number of rotatable bonds is 3.